The molecule has 0 bridgehead atoms. The highest BCUT2D eigenvalue weighted by molar-refractivity contribution is 7.94. The number of rotatable bonds is 5. The van der Waals surface area contributed by atoms with Gasteiger partial charge in [-0.2, -0.15) is 4.31 Å². The minimum absolute atomic E-state index is 0.0185. The number of ether oxygens (including phenoxy) is 1. The highest BCUT2D eigenvalue weighted by Gasteiger charge is 2.42. The van der Waals surface area contributed by atoms with Gasteiger partial charge in [0.15, 0.2) is 0 Å². The second kappa shape index (κ2) is 8.56. The van der Waals surface area contributed by atoms with Gasteiger partial charge < -0.3 is 4.74 Å². The molecule has 2 amide bonds. The first kappa shape index (κ1) is 22.9. The van der Waals surface area contributed by atoms with Crippen LogP contribution >= 0.6 is 0 Å². The molecule has 3 aromatic rings. The van der Waals surface area contributed by atoms with Crippen LogP contribution in [0.25, 0.3) is 0 Å². The van der Waals surface area contributed by atoms with Gasteiger partial charge in [0.25, 0.3) is 10.0 Å². The molecule has 3 aromatic carbocycles. The molecule has 0 saturated carbocycles. The van der Waals surface area contributed by atoms with Gasteiger partial charge in [0.05, 0.1) is 24.5 Å². The van der Waals surface area contributed by atoms with Crippen molar-refractivity contribution in [2.24, 2.45) is 0 Å². The van der Waals surface area contributed by atoms with Crippen molar-refractivity contribution in [1.82, 2.24) is 0 Å². The Morgan fingerprint density at radius 1 is 0.879 bits per heavy atom. The van der Waals surface area contributed by atoms with Crippen LogP contribution in [0.4, 0.5) is 16.2 Å². The molecular weight excluding hydrogens is 436 g/mol. The molecule has 7 heteroatoms. The number of amides is 2. The highest BCUT2D eigenvalue weighted by atomic mass is 32.2. The van der Waals surface area contributed by atoms with Crippen LogP contribution in [0.1, 0.15) is 38.8 Å². The van der Waals surface area contributed by atoms with E-state index in [1.165, 1.54) is 16.5 Å². The molecule has 6 nitrogen and oxygen atoms in total. The summed E-state index contributed by atoms with van der Waals surface area (Å²) < 4.78 is 33.2. The van der Waals surface area contributed by atoms with Crippen molar-refractivity contribution in [3.63, 3.8) is 0 Å². The standard InChI is InChI=1S/C26H28N2O4S/c1-5-32-22-16-14-21(15-17-22)28-25(29)27(23-8-6-7-9-24(23)33(28,30)31)18-19-10-12-20(13-11-19)26(2,3)4/h6-17H,5,18H2,1-4H3. The summed E-state index contributed by atoms with van der Waals surface area (Å²) in [6, 6.07) is 20.6. The van der Waals surface area contributed by atoms with Gasteiger partial charge in [-0.1, -0.05) is 57.2 Å². The van der Waals surface area contributed by atoms with Gasteiger partial charge in [0.2, 0.25) is 0 Å². The lowest BCUT2D eigenvalue weighted by Crippen LogP contribution is -2.50. The summed E-state index contributed by atoms with van der Waals surface area (Å²) in [4.78, 5) is 15.2. The molecule has 4 rings (SSSR count). The molecule has 172 valence electrons. The Labute approximate surface area is 195 Å². The van der Waals surface area contributed by atoms with Crippen LogP contribution in [0.5, 0.6) is 5.75 Å². The van der Waals surface area contributed by atoms with Gasteiger partial charge in [-0.05, 0) is 59.9 Å². The van der Waals surface area contributed by atoms with E-state index in [1.807, 2.05) is 19.1 Å². The number of anilines is 2. The summed E-state index contributed by atoms with van der Waals surface area (Å²) >= 11 is 0. The van der Waals surface area contributed by atoms with E-state index in [-0.39, 0.29) is 22.5 Å². The second-order valence-electron chi connectivity index (χ2n) is 8.98. The summed E-state index contributed by atoms with van der Waals surface area (Å²) in [5, 5.41) is 0. The van der Waals surface area contributed by atoms with E-state index >= 15 is 0 Å². The Hall–Kier alpha value is -3.32. The van der Waals surface area contributed by atoms with E-state index in [4.69, 9.17) is 4.74 Å². The number of sulfonamides is 1. The Morgan fingerprint density at radius 2 is 1.52 bits per heavy atom. The van der Waals surface area contributed by atoms with Crippen molar-refractivity contribution in [3.8, 4) is 5.75 Å². The molecule has 0 spiro atoms. The fourth-order valence-electron chi connectivity index (χ4n) is 3.85. The second-order valence-corrected chi connectivity index (χ2v) is 10.7. The first-order valence-corrected chi connectivity index (χ1v) is 12.3. The topological polar surface area (TPSA) is 66.9 Å². The third-order valence-corrected chi connectivity index (χ3v) is 7.37. The molecule has 0 aliphatic carbocycles. The number of carbonyl (C=O) groups excluding carboxylic acids is 1. The molecule has 0 N–H and O–H groups in total. The lowest BCUT2D eigenvalue weighted by Gasteiger charge is -2.36. The van der Waals surface area contributed by atoms with Crippen LogP contribution in [0.3, 0.4) is 0 Å². The van der Waals surface area contributed by atoms with Crippen molar-refractivity contribution >= 4 is 27.4 Å². The molecular formula is C26H28N2O4S. The van der Waals surface area contributed by atoms with Crippen molar-refractivity contribution in [2.75, 3.05) is 15.8 Å². The summed E-state index contributed by atoms with van der Waals surface area (Å²) in [5.74, 6) is 0.610. The largest absolute Gasteiger partial charge is 0.494 e. The van der Waals surface area contributed by atoms with Crippen LogP contribution in [0.2, 0.25) is 0 Å². The normalized spacial score (nSPS) is 15.3. The first-order valence-electron chi connectivity index (χ1n) is 10.9. The van der Waals surface area contributed by atoms with E-state index in [9.17, 15) is 13.2 Å². The van der Waals surface area contributed by atoms with E-state index in [0.29, 0.717) is 18.0 Å². The van der Waals surface area contributed by atoms with Crippen LogP contribution in [-0.2, 0) is 22.0 Å². The van der Waals surface area contributed by atoms with Gasteiger partial charge in [-0.3, -0.25) is 4.90 Å². The summed E-state index contributed by atoms with van der Waals surface area (Å²) in [6.07, 6.45) is 0. The Morgan fingerprint density at radius 3 is 2.12 bits per heavy atom. The maximum Gasteiger partial charge on any atom is 0.343 e. The molecule has 0 aromatic heterocycles. The Bertz CT molecular complexity index is 1260. The van der Waals surface area contributed by atoms with Crippen molar-refractivity contribution in [2.45, 2.75) is 44.6 Å². The number of para-hydroxylation sites is 1. The molecule has 0 unspecified atom stereocenters. The smallest absolute Gasteiger partial charge is 0.343 e. The summed E-state index contributed by atoms with van der Waals surface area (Å²) in [6.45, 7) is 9.05. The average molecular weight is 465 g/mol. The number of fused-ring (bicyclic) bond motifs is 1. The Balaban J connectivity index is 1.75. The van der Waals surface area contributed by atoms with Crippen molar-refractivity contribution in [1.29, 1.82) is 0 Å². The van der Waals surface area contributed by atoms with Gasteiger partial charge in [-0.25, -0.2) is 13.2 Å². The zero-order valence-corrected chi connectivity index (χ0v) is 20.1. The van der Waals surface area contributed by atoms with E-state index < -0.39 is 16.1 Å². The molecule has 1 heterocycles. The van der Waals surface area contributed by atoms with Crippen LogP contribution in [-0.4, -0.2) is 21.1 Å². The number of carbonyl (C=O) groups is 1. The monoisotopic (exact) mass is 464 g/mol. The fraction of sp³-hybridized carbons (Fsp3) is 0.269. The molecule has 1 aliphatic heterocycles. The molecule has 0 saturated heterocycles. The third kappa shape index (κ3) is 4.33. The summed E-state index contributed by atoms with van der Waals surface area (Å²) in [7, 11) is -4.06. The fourth-order valence-corrected chi connectivity index (χ4v) is 5.44. The predicted octanol–water partition coefficient (Wildman–Crippen LogP) is 5.72. The number of urea groups is 1. The van der Waals surface area contributed by atoms with Crippen LogP contribution < -0.4 is 13.9 Å². The molecule has 33 heavy (non-hydrogen) atoms. The van der Waals surface area contributed by atoms with Crippen molar-refractivity contribution in [3.05, 3.63) is 83.9 Å². The van der Waals surface area contributed by atoms with Crippen molar-refractivity contribution < 1.29 is 17.9 Å². The zero-order chi connectivity index (χ0) is 23.8. The molecule has 0 fully saturated rings. The number of nitrogens with zero attached hydrogens (tertiary/aromatic N) is 2. The lowest BCUT2D eigenvalue weighted by atomic mass is 9.87. The maximum absolute atomic E-state index is 13.6. The minimum Gasteiger partial charge on any atom is -0.494 e. The van der Waals surface area contributed by atoms with E-state index in [0.717, 1.165) is 9.87 Å². The molecule has 0 atom stereocenters. The van der Waals surface area contributed by atoms with Gasteiger partial charge >= 0.3 is 6.03 Å². The predicted molar refractivity (Wildman–Crippen MR) is 130 cm³/mol. The first-order chi connectivity index (χ1) is 15.6. The lowest BCUT2D eigenvalue weighted by molar-refractivity contribution is 0.253. The summed E-state index contributed by atoms with van der Waals surface area (Å²) in [5.41, 5.74) is 2.77. The van der Waals surface area contributed by atoms with E-state index in [2.05, 4.69) is 32.9 Å². The minimum atomic E-state index is -4.06. The van der Waals surface area contributed by atoms with Gasteiger partial charge in [0.1, 0.15) is 10.6 Å². The van der Waals surface area contributed by atoms with Gasteiger partial charge in [0, 0.05) is 0 Å². The average Bonchev–Trinajstić information content (AvgIpc) is 2.78. The molecule has 0 radical (unpaired) electrons. The van der Waals surface area contributed by atoms with Gasteiger partial charge in [-0.15, -0.1) is 0 Å². The Kier molecular flexibility index (Phi) is 5.93. The highest BCUT2D eigenvalue weighted by Crippen LogP contribution is 2.38. The molecule has 1 aliphatic rings. The zero-order valence-electron chi connectivity index (χ0n) is 19.3. The van der Waals surface area contributed by atoms with E-state index in [1.54, 1.807) is 42.5 Å². The van der Waals surface area contributed by atoms with Crippen LogP contribution in [0.15, 0.2) is 77.7 Å². The van der Waals surface area contributed by atoms with Crippen LogP contribution in [0, 0.1) is 0 Å². The third-order valence-electron chi connectivity index (χ3n) is 5.62. The maximum atomic E-state index is 13.6. The number of hydrogen-bond donors (Lipinski definition) is 0. The number of hydrogen-bond acceptors (Lipinski definition) is 4. The quantitative estimate of drug-likeness (QED) is 0.484. The SMILES string of the molecule is CCOc1ccc(N2C(=O)N(Cc3ccc(C(C)(C)C)cc3)c3ccccc3S2(=O)=O)cc1. The number of benzene rings is 3.